The molecule has 2 heterocycles. The van der Waals surface area contributed by atoms with Crippen molar-refractivity contribution in [3.8, 4) is 0 Å². The highest BCUT2D eigenvalue weighted by atomic mass is 79.9. The van der Waals surface area contributed by atoms with Crippen LogP contribution in [0.5, 0.6) is 0 Å². The second kappa shape index (κ2) is 8.47. The lowest BCUT2D eigenvalue weighted by Gasteiger charge is -2.38. The first-order valence-electron chi connectivity index (χ1n) is 11.4. The molecule has 5 rings (SSSR count). The van der Waals surface area contributed by atoms with Crippen molar-refractivity contribution in [2.45, 2.75) is 69.6 Å². The van der Waals surface area contributed by atoms with Crippen LogP contribution in [0, 0.1) is 11.6 Å². The van der Waals surface area contributed by atoms with Crippen LogP contribution in [0.4, 0.5) is 14.5 Å². The SMILES string of the molecule is CC1(O)CCC(n2c(C3CCCC(=O)N3c3ccc(F)c(F)c3)nc3cc(Br)ccc32)CC1. The lowest BCUT2D eigenvalue weighted by atomic mass is 9.83. The van der Waals surface area contributed by atoms with Crippen LogP contribution in [-0.2, 0) is 4.79 Å². The van der Waals surface area contributed by atoms with Gasteiger partial charge >= 0.3 is 0 Å². The van der Waals surface area contributed by atoms with E-state index in [9.17, 15) is 18.7 Å². The first-order chi connectivity index (χ1) is 15.7. The van der Waals surface area contributed by atoms with E-state index in [1.807, 2.05) is 25.1 Å². The zero-order valence-electron chi connectivity index (χ0n) is 18.4. The number of piperidine rings is 1. The van der Waals surface area contributed by atoms with Gasteiger partial charge in [-0.3, -0.25) is 4.79 Å². The summed E-state index contributed by atoms with van der Waals surface area (Å²) in [5, 5.41) is 10.5. The molecule has 1 saturated heterocycles. The Kier molecular flexibility index (Phi) is 5.77. The zero-order chi connectivity index (χ0) is 23.3. The van der Waals surface area contributed by atoms with Crippen molar-refractivity contribution in [2.75, 3.05) is 4.90 Å². The average molecular weight is 518 g/mol. The second-order valence-electron chi connectivity index (χ2n) is 9.47. The average Bonchev–Trinajstić information content (AvgIpc) is 3.14. The molecule has 0 radical (unpaired) electrons. The Bertz CT molecular complexity index is 1220. The lowest BCUT2D eigenvalue weighted by Crippen LogP contribution is -2.40. The number of benzene rings is 2. The van der Waals surface area contributed by atoms with Gasteiger partial charge in [0.05, 0.1) is 22.7 Å². The number of halogens is 3. The highest BCUT2D eigenvalue weighted by Crippen LogP contribution is 2.42. The molecule has 1 atom stereocenters. The number of amides is 1. The van der Waals surface area contributed by atoms with Gasteiger partial charge in [0.25, 0.3) is 0 Å². The zero-order valence-corrected chi connectivity index (χ0v) is 20.0. The summed E-state index contributed by atoms with van der Waals surface area (Å²) in [7, 11) is 0. The van der Waals surface area contributed by atoms with Crippen molar-refractivity contribution in [2.24, 2.45) is 0 Å². The predicted octanol–water partition coefficient (Wildman–Crippen LogP) is 6.20. The van der Waals surface area contributed by atoms with E-state index in [-0.39, 0.29) is 18.0 Å². The van der Waals surface area contributed by atoms with E-state index in [1.165, 1.54) is 6.07 Å². The van der Waals surface area contributed by atoms with E-state index in [4.69, 9.17) is 4.98 Å². The first-order valence-corrected chi connectivity index (χ1v) is 12.2. The fraction of sp³-hybridized carbons (Fsp3) is 0.440. The first kappa shape index (κ1) is 22.5. The van der Waals surface area contributed by atoms with Gasteiger partial charge in [0.2, 0.25) is 5.91 Å². The van der Waals surface area contributed by atoms with E-state index in [2.05, 4.69) is 20.5 Å². The fourth-order valence-corrected chi connectivity index (χ4v) is 5.61. The van der Waals surface area contributed by atoms with E-state index in [0.717, 1.165) is 46.3 Å². The topological polar surface area (TPSA) is 58.4 Å². The minimum Gasteiger partial charge on any atom is -0.390 e. The summed E-state index contributed by atoms with van der Waals surface area (Å²) in [5.41, 5.74) is 1.46. The number of carbonyl (C=O) groups is 1. The largest absolute Gasteiger partial charge is 0.390 e. The van der Waals surface area contributed by atoms with Crippen LogP contribution in [0.3, 0.4) is 0 Å². The summed E-state index contributed by atoms with van der Waals surface area (Å²) in [4.78, 5) is 19.6. The molecule has 1 unspecified atom stereocenters. The van der Waals surface area contributed by atoms with E-state index < -0.39 is 17.2 Å². The Hall–Kier alpha value is -2.32. The number of aromatic nitrogens is 2. The second-order valence-corrected chi connectivity index (χ2v) is 10.4. The maximum absolute atomic E-state index is 14.1. The van der Waals surface area contributed by atoms with E-state index >= 15 is 0 Å². The summed E-state index contributed by atoms with van der Waals surface area (Å²) in [6, 6.07) is 9.31. The Morgan fingerprint density at radius 3 is 2.58 bits per heavy atom. The Morgan fingerprint density at radius 1 is 1.09 bits per heavy atom. The molecule has 1 saturated carbocycles. The molecule has 0 spiro atoms. The lowest BCUT2D eigenvalue weighted by molar-refractivity contribution is -0.120. The van der Waals surface area contributed by atoms with Crippen molar-refractivity contribution in [1.29, 1.82) is 0 Å². The van der Waals surface area contributed by atoms with Crippen molar-refractivity contribution < 1.29 is 18.7 Å². The number of hydrogen-bond donors (Lipinski definition) is 1. The molecular weight excluding hydrogens is 492 g/mol. The Morgan fingerprint density at radius 2 is 1.85 bits per heavy atom. The number of carbonyl (C=O) groups excluding carboxylic acids is 1. The molecule has 5 nitrogen and oxygen atoms in total. The van der Waals surface area contributed by atoms with Crippen LogP contribution >= 0.6 is 15.9 Å². The van der Waals surface area contributed by atoms with Gasteiger partial charge in [-0.1, -0.05) is 15.9 Å². The van der Waals surface area contributed by atoms with Crippen molar-refractivity contribution in [1.82, 2.24) is 9.55 Å². The third-order valence-corrected chi connectivity index (χ3v) is 7.50. The molecule has 2 aliphatic rings. The number of anilines is 1. The van der Waals surface area contributed by atoms with Crippen molar-refractivity contribution in [3.05, 3.63) is 58.3 Å². The molecule has 1 aliphatic carbocycles. The number of hydrogen-bond acceptors (Lipinski definition) is 3. The van der Waals surface area contributed by atoms with Gasteiger partial charge in [0.1, 0.15) is 5.82 Å². The maximum Gasteiger partial charge on any atom is 0.227 e. The summed E-state index contributed by atoms with van der Waals surface area (Å²) < 4.78 is 30.8. The number of aliphatic hydroxyl groups is 1. The molecule has 0 bridgehead atoms. The number of imidazole rings is 1. The molecule has 1 aromatic heterocycles. The van der Waals surface area contributed by atoms with Gasteiger partial charge in [-0.15, -0.1) is 0 Å². The molecule has 2 aromatic carbocycles. The Balaban J connectivity index is 1.64. The van der Waals surface area contributed by atoms with Gasteiger partial charge in [-0.05, 0) is 75.8 Å². The van der Waals surface area contributed by atoms with E-state index in [0.29, 0.717) is 37.8 Å². The van der Waals surface area contributed by atoms with Crippen LogP contribution in [0.2, 0.25) is 0 Å². The summed E-state index contributed by atoms with van der Waals surface area (Å²) >= 11 is 3.52. The molecule has 1 N–H and O–H groups in total. The standard InChI is InChI=1S/C25H26BrF2N3O2/c1-25(33)11-9-16(10-12-25)31-21-8-5-15(26)13-20(21)29-24(31)22-3-2-4-23(32)30(22)17-6-7-18(27)19(28)14-17/h5-8,13-14,16,22,33H,2-4,9-12H2,1H3. The van der Waals surface area contributed by atoms with Crippen molar-refractivity contribution in [3.63, 3.8) is 0 Å². The molecular formula is C25H26BrF2N3O2. The minimum atomic E-state index is -0.975. The normalized spacial score (nSPS) is 26.2. The van der Waals surface area contributed by atoms with E-state index in [1.54, 1.807) is 4.90 Å². The summed E-state index contributed by atoms with van der Waals surface area (Å²) in [6.07, 6.45) is 4.71. The highest BCUT2D eigenvalue weighted by molar-refractivity contribution is 9.10. The summed E-state index contributed by atoms with van der Waals surface area (Å²) in [6.45, 7) is 1.87. The predicted molar refractivity (Wildman–Crippen MR) is 126 cm³/mol. The van der Waals surface area contributed by atoms with Gasteiger partial charge in [-0.25, -0.2) is 13.8 Å². The molecule has 3 aromatic rings. The third-order valence-electron chi connectivity index (χ3n) is 7.00. The molecule has 174 valence electrons. The molecule has 8 heteroatoms. The number of fused-ring (bicyclic) bond motifs is 1. The molecule has 33 heavy (non-hydrogen) atoms. The van der Waals surface area contributed by atoms with Crippen LogP contribution in [0.15, 0.2) is 40.9 Å². The highest BCUT2D eigenvalue weighted by Gasteiger charge is 2.37. The van der Waals surface area contributed by atoms with Gasteiger partial charge in [0, 0.05) is 28.7 Å². The molecule has 1 aliphatic heterocycles. The quantitative estimate of drug-likeness (QED) is 0.449. The van der Waals surface area contributed by atoms with Gasteiger partial charge < -0.3 is 14.6 Å². The number of rotatable bonds is 3. The van der Waals surface area contributed by atoms with Crippen LogP contribution in [0.25, 0.3) is 11.0 Å². The van der Waals surface area contributed by atoms with Crippen LogP contribution in [0.1, 0.15) is 69.8 Å². The van der Waals surface area contributed by atoms with Crippen LogP contribution in [-0.4, -0.2) is 26.2 Å². The van der Waals surface area contributed by atoms with Crippen LogP contribution < -0.4 is 4.90 Å². The smallest absolute Gasteiger partial charge is 0.227 e. The molecule has 2 fully saturated rings. The summed E-state index contributed by atoms with van der Waals surface area (Å²) in [5.74, 6) is -1.28. The Labute approximate surface area is 199 Å². The fourth-order valence-electron chi connectivity index (χ4n) is 5.27. The van der Waals surface area contributed by atoms with Gasteiger partial charge in [-0.2, -0.15) is 0 Å². The third kappa shape index (κ3) is 4.19. The van der Waals surface area contributed by atoms with Crippen molar-refractivity contribution >= 4 is 38.6 Å². The number of nitrogens with zero attached hydrogens (tertiary/aromatic N) is 3. The maximum atomic E-state index is 14.1. The minimum absolute atomic E-state index is 0.122. The monoisotopic (exact) mass is 517 g/mol. The van der Waals surface area contributed by atoms with Gasteiger partial charge in [0.15, 0.2) is 11.6 Å². The molecule has 1 amide bonds.